The van der Waals surface area contributed by atoms with Crippen LogP contribution in [0, 0.1) is 0 Å². The molecule has 18 heavy (non-hydrogen) atoms. The van der Waals surface area contributed by atoms with Crippen molar-refractivity contribution in [2.24, 2.45) is 0 Å². The molecule has 1 aliphatic heterocycles. The molecular formula is C14H18O4. The summed E-state index contributed by atoms with van der Waals surface area (Å²) >= 11 is 0. The Labute approximate surface area is 107 Å². The summed E-state index contributed by atoms with van der Waals surface area (Å²) in [6.45, 7) is 5.12. The molecule has 0 aliphatic carbocycles. The zero-order valence-electron chi connectivity index (χ0n) is 10.6. The normalized spacial score (nSPS) is 18.6. The molecule has 2 rings (SSSR count). The van der Waals surface area contributed by atoms with Gasteiger partial charge in [-0.15, -0.1) is 6.58 Å². The fraction of sp³-hybridized carbons (Fsp3) is 0.429. The van der Waals surface area contributed by atoms with Crippen LogP contribution in [0.15, 0.2) is 30.9 Å². The van der Waals surface area contributed by atoms with Crippen LogP contribution in [0.2, 0.25) is 0 Å². The highest BCUT2D eigenvalue weighted by atomic mass is 16.7. The van der Waals surface area contributed by atoms with Crippen molar-refractivity contribution in [3.63, 3.8) is 0 Å². The maximum Gasteiger partial charge on any atom is 0.161 e. The first kappa shape index (κ1) is 12.9. The number of hydrogen-bond acceptors (Lipinski definition) is 4. The molecule has 4 heteroatoms. The first-order valence-corrected chi connectivity index (χ1v) is 5.93. The molecule has 1 aromatic rings. The molecule has 1 aromatic carbocycles. The maximum atomic E-state index is 5.69. The summed E-state index contributed by atoms with van der Waals surface area (Å²) < 4.78 is 21.4. The van der Waals surface area contributed by atoms with E-state index in [2.05, 4.69) is 6.58 Å². The molecule has 1 fully saturated rings. The molecule has 0 saturated carbocycles. The first-order chi connectivity index (χ1) is 8.83. The highest BCUT2D eigenvalue weighted by molar-refractivity contribution is 5.43. The van der Waals surface area contributed by atoms with Crippen LogP contribution in [0.3, 0.4) is 0 Å². The molecule has 0 bridgehead atoms. The van der Waals surface area contributed by atoms with Crippen molar-refractivity contribution in [3.05, 3.63) is 36.4 Å². The van der Waals surface area contributed by atoms with Gasteiger partial charge in [-0.3, -0.25) is 0 Å². The minimum Gasteiger partial charge on any atom is -0.493 e. The second-order valence-corrected chi connectivity index (χ2v) is 4.07. The van der Waals surface area contributed by atoms with Gasteiger partial charge in [-0.1, -0.05) is 12.1 Å². The van der Waals surface area contributed by atoms with Crippen LogP contribution in [0.4, 0.5) is 0 Å². The Morgan fingerprint density at radius 2 is 2.33 bits per heavy atom. The topological polar surface area (TPSA) is 36.9 Å². The number of hydrogen-bond donors (Lipinski definition) is 0. The van der Waals surface area contributed by atoms with Gasteiger partial charge in [0.25, 0.3) is 0 Å². The number of ether oxygens (including phenoxy) is 4. The Bertz CT molecular complexity index is 397. The average Bonchev–Trinajstić information content (AvgIpc) is 2.90. The van der Waals surface area contributed by atoms with E-state index in [-0.39, 0.29) is 6.10 Å². The average molecular weight is 250 g/mol. The van der Waals surface area contributed by atoms with Crippen LogP contribution >= 0.6 is 0 Å². The molecule has 0 N–H and O–H groups in total. The zero-order chi connectivity index (χ0) is 12.8. The van der Waals surface area contributed by atoms with Gasteiger partial charge in [-0.25, -0.2) is 0 Å². The predicted molar refractivity (Wildman–Crippen MR) is 68.1 cm³/mol. The van der Waals surface area contributed by atoms with Gasteiger partial charge in [0.15, 0.2) is 11.5 Å². The summed E-state index contributed by atoms with van der Waals surface area (Å²) in [4.78, 5) is 0. The molecule has 1 unspecified atom stereocenters. The summed E-state index contributed by atoms with van der Waals surface area (Å²) in [6.07, 6.45) is 2.68. The van der Waals surface area contributed by atoms with E-state index in [9.17, 15) is 0 Å². The Balaban J connectivity index is 1.99. The minimum absolute atomic E-state index is 0.00237. The SMILES string of the molecule is C=CCc1ccc(OCC2COCO2)c(OC)c1. The monoisotopic (exact) mass is 250 g/mol. The first-order valence-electron chi connectivity index (χ1n) is 5.93. The van der Waals surface area contributed by atoms with Gasteiger partial charge in [0.05, 0.1) is 13.7 Å². The third kappa shape index (κ3) is 3.24. The van der Waals surface area contributed by atoms with Crippen molar-refractivity contribution < 1.29 is 18.9 Å². The van der Waals surface area contributed by atoms with Crippen LogP contribution in [0.5, 0.6) is 11.5 Å². The zero-order valence-corrected chi connectivity index (χ0v) is 10.6. The summed E-state index contributed by atoms with van der Waals surface area (Å²) in [5, 5.41) is 0. The van der Waals surface area contributed by atoms with Crippen molar-refractivity contribution in [2.75, 3.05) is 27.1 Å². The van der Waals surface area contributed by atoms with E-state index >= 15 is 0 Å². The van der Waals surface area contributed by atoms with Crippen LogP contribution in [0.1, 0.15) is 5.56 Å². The van der Waals surface area contributed by atoms with Gasteiger partial charge >= 0.3 is 0 Å². The van der Waals surface area contributed by atoms with E-state index in [1.165, 1.54) is 0 Å². The van der Waals surface area contributed by atoms with E-state index in [1.54, 1.807) is 7.11 Å². The second-order valence-electron chi connectivity index (χ2n) is 4.07. The smallest absolute Gasteiger partial charge is 0.161 e. The fourth-order valence-corrected chi connectivity index (χ4v) is 1.78. The molecule has 0 aromatic heterocycles. The van der Waals surface area contributed by atoms with E-state index in [4.69, 9.17) is 18.9 Å². The molecule has 1 atom stereocenters. The highest BCUT2D eigenvalue weighted by Gasteiger charge is 2.17. The van der Waals surface area contributed by atoms with Gasteiger partial charge in [0.2, 0.25) is 0 Å². The molecule has 0 spiro atoms. The van der Waals surface area contributed by atoms with Gasteiger partial charge in [0.1, 0.15) is 19.5 Å². The Kier molecular flexibility index (Phi) is 4.61. The molecule has 4 nitrogen and oxygen atoms in total. The molecule has 1 aliphatic rings. The lowest BCUT2D eigenvalue weighted by molar-refractivity contribution is 0.0317. The van der Waals surface area contributed by atoms with E-state index in [0.717, 1.165) is 23.5 Å². The minimum atomic E-state index is 0.00237. The van der Waals surface area contributed by atoms with Crippen molar-refractivity contribution in [1.29, 1.82) is 0 Å². The molecule has 98 valence electrons. The summed E-state index contributed by atoms with van der Waals surface area (Å²) in [7, 11) is 1.63. The quantitative estimate of drug-likeness (QED) is 0.725. The number of allylic oxidation sites excluding steroid dienone is 1. The molecule has 0 amide bonds. The molecule has 1 saturated heterocycles. The summed E-state index contributed by atoms with van der Waals surface area (Å²) in [5.41, 5.74) is 1.15. The highest BCUT2D eigenvalue weighted by Crippen LogP contribution is 2.28. The third-order valence-corrected chi connectivity index (χ3v) is 2.72. The predicted octanol–water partition coefficient (Wildman–Crippen LogP) is 2.18. The van der Waals surface area contributed by atoms with Crippen LogP contribution in [-0.2, 0) is 15.9 Å². The van der Waals surface area contributed by atoms with Crippen molar-refractivity contribution >= 4 is 0 Å². The summed E-state index contributed by atoms with van der Waals surface area (Å²) in [6, 6.07) is 5.88. The van der Waals surface area contributed by atoms with Crippen molar-refractivity contribution in [2.45, 2.75) is 12.5 Å². The molecular weight excluding hydrogens is 232 g/mol. The van der Waals surface area contributed by atoms with Gasteiger partial charge in [-0.2, -0.15) is 0 Å². The molecule has 1 heterocycles. The second kappa shape index (κ2) is 6.42. The Morgan fingerprint density at radius 3 is 3.00 bits per heavy atom. The summed E-state index contributed by atoms with van der Waals surface area (Å²) in [5.74, 6) is 1.45. The van der Waals surface area contributed by atoms with Gasteiger partial charge < -0.3 is 18.9 Å². The number of rotatable bonds is 6. The fourth-order valence-electron chi connectivity index (χ4n) is 1.78. The number of methoxy groups -OCH3 is 1. The van der Waals surface area contributed by atoms with E-state index in [0.29, 0.717) is 20.0 Å². The standard InChI is InChI=1S/C14H18O4/c1-3-4-11-5-6-13(14(7-11)15-2)17-9-12-8-16-10-18-12/h3,5-7,12H,1,4,8-10H2,2H3. The van der Waals surface area contributed by atoms with Crippen LogP contribution in [-0.4, -0.2) is 33.2 Å². The molecule has 0 radical (unpaired) electrons. The van der Waals surface area contributed by atoms with E-state index in [1.807, 2.05) is 24.3 Å². The lowest BCUT2D eigenvalue weighted by atomic mass is 10.1. The Morgan fingerprint density at radius 1 is 1.44 bits per heavy atom. The van der Waals surface area contributed by atoms with Crippen LogP contribution < -0.4 is 9.47 Å². The number of benzene rings is 1. The van der Waals surface area contributed by atoms with Crippen LogP contribution in [0.25, 0.3) is 0 Å². The van der Waals surface area contributed by atoms with Crippen molar-refractivity contribution in [3.8, 4) is 11.5 Å². The van der Waals surface area contributed by atoms with Gasteiger partial charge in [-0.05, 0) is 24.1 Å². The lowest BCUT2D eigenvalue weighted by Gasteiger charge is -2.13. The third-order valence-electron chi connectivity index (χ3n) is 2.72. The van der Waals surface area contributed by atoms with Gasteiger partial charge in [0, 0.05) is 0 Å². The lowest BCUT2D eigenvalue weighted by Crippen LogP contribution is -2.19. The Hall–Kier alpha value is -1.52. The van der Waals surface area contributed by atoms with Crippen molar-refractivity contribution in [1.82, 2.24) is 0 Å². The largest absolute Gasteiger partial charge is 0.493 e. The van der Waals surface area contributed by atoms with E-state index < -0.39 is 0 Å². The maximum absolute atomic E-state index is 5.69.